The topological polar surface area (TPSA) is 51.2 Å². The highest BCUT2D eigenvalue weighted by Crippen LogP contribution is 2.14. The molecule has 0 heterocycles. The summed E-state index contributed by atoms with van der Waals surface area (Å²) in [4.78, 5) is 12.0. The van der Waals surface area contributed by atoms with Crippen LogP contribution in [-0.2, 0) is 9.84 Å². The van der Waals surface area contributed by atoms with Crippen molar-refractivity contribution >= 4 is 15.6 Å². The van der Waals surface area contributed by atoms with Gasteiger partial charge in [-0.1, -0.05) is 44.2 Å². The molecule has 1 atom stereocenters. The SMILES string of the molecule is CC[C@@H](C(=O)c1ccccc1)S(=O)(=O)CC. The summed E-state index contributed by atoms with van der Waals surface area (Å²) in [6.45, 7) is 3.29. The summed E-state index contributed by atoms with van der Waals surface area (Å²) >= 11 is 0. The van der Waals surface area contributed by atoms with Gasteiger partial charge in [0.2, 0.25) is 0 Å². The Bertz CT molecular complexity index is 448. The summed E-state index contributed by atoms with van der Waals surface area (Å²) in [5.41, 5.74) is 0.464. The molecule has 0 N–H and O–H groups in total. The molecule has 88 valence electrons. The standard InChI is InChI=1S/C12H16O3S/c1-3-11(16(14,15)4-2)12(13)10-8-6-5-7-9-10/h5-9,11H,3-4H2,1-2H3/t11-/m0/s1. The van der Waals surface area contributed by atoms with E-state index in [-0.39, 0.29) is 11.5 Å². The van der Waals surface area contributed by atoms with E-state index in [1.54, 1.807) is 44.2 Å². The number of carbonyl (C=O) groups excluding carboxylic acids is 1. The number of sulfone groups is 1. The predicted octanol–water partition coefficient (Wildman–Crippen LogP) is 2.08. The first kappa shape index (κ1) is 12.9. The summed E-state index contributed by atoms with van der Waals surface area (Å²) in [6.07, 6.45) is 0.323. The van der Waals surface area contributed by atoms with Crippen LogP contribution in [0.5, 0.6) is 0 Å². The largest absolute Gasteiger partial charge is 0.293 e. The van der Waals surface area contributed by atoms with Crippen LogP contribution in [-0.4, -0.2) is 25.2 Å². The van der Waals surface area contributed by atoms with Crippen LogP contribution >= 0.6 is 0 Å². The van der Waals surface area contributed by atoms with Gasteiger partial charge in [0.05, 0.1) is 0 Å². The second-order valence-electron chi connectivity index (χ2n) is 3.58. The molecule has 0 bridgehead atoms. The summed E-state index contributed by atoms with van der Waals surface area (Å²) in [5.74, 6) is -0.297. The van der Waals surface area contributed by atoms with Gasteiger partial charge < -0.3 is 0 Å². The number of carbonyl (C=O) groups is 1. The molecule has 4 heteroatoms. The molecule has 0 saturated heterocycles. The smallest absolute Gasteiger partial charge is 0.180 e. The van der Waals surface area contributed by atoms with Crippen molar-refractivity contribution in [3.63, 3.8) is 0 Å². The van der Waals surface area contributed by atoms with E-state index in [1.807, 2.05) is 0 Å². The van der Waals surface area contributed by atoms with E-state index >= 15 is 0 Å². The third-order valence-electron chi connectivity index (χ3n) is 2.56. The second kappa shape index (κ2) is 5.25. The van der Waals surface area contributed by atoms with Gasteiger partial charge in [-0.2, -0.15) is 0 Å². The van der Waals surface area contributed by atoms with Crippen molar-refractivity contribution in [1.82, 2.24) is 0 Å². The Morgan fingerprint density at radius 3 is 2.19 bits per heavy atom. The molecule has 1 aromatic carbocycles. The Labute approximate surface area is 96.4 Å². The number of hydrogen-bond acceptors (Lipinski definition) is 3. The van der Waals surface area contributed by atoms with Crippen LogP contribution in [0.3, 0.4) is 0 Å². The van der Waals surface area contributed by atoms with Crippen LogP contribution in [0.25, 0.3) is 0 Å². The molecule has 0 aliphatic heterocycles. The van der Waals surface area contributed by atoms with Crippen molar-refractivity contribution in [2.45, 2.75) is 25.5 Å². The van der Waals surface area contributed by atoms with E-state index in [0.29, 0.717) is 12.0 Å². The molecule has 0 spiro atoms. The summed E-state index contributed by atoms with van der Waals surface area (Å²) in [7, 11) is -3.31. The Morgan fingerprint density at radius 2 is 1.75 bits per heavy atom. The first-order valence-electron chi connectivity index (χ1n) is 5.33. The van der Waals surface area contributed by atoms with Crippen molar-refractivity contribution in [1.29, 1.82) is 0 Å². The van der Waals surface area contributed by atoms with Gasteiger partial charge in [-0.3, -0.25) is 4.79 Å². The zero-order valence-electron chi connectivity index (χ0n) is 9.51. The summed E-state index contributed by atoms with van der Waals surface area (Å²) in [6, 6.07) is 8.56. The lowest BCUT2D eigenvalue weighted by Crippen LogP contribution is -2.31. The van der Waals surface area contributed by atoms with E-state index in [9.17, 15) is 13.2 Å². The minimum Gasteiger partial charge on any atom is -0.293 e. The van der Waals surface area contributed by atoms with Crippen LogP contribution in [0.4, 0.5) is 0 Å². The fourth-order valence-electron chi connectivity index (χ4n) is 1.59. The van der Waals surface area contributed by atoms with Crippen molar-refractivity contribution in [3.05, 3.63) is 35.9 Å². The summed E-state index contributed by atoms with van der Waals surface area (Å²) < 4.78 is 23.4. The highest BCUT2D eigenvalue weighted by Gasteiger charge is 2.29. The van der Waals surface area contributed by atoms with Gasteiger partial charge in [-0.15, -0.1) is 0 Å². The first-order valence-corrected chi connectivity index (χ1v) is 7.05. The molecule has 1 aromatic rings. The molecular weight excluding hydrogens is 224 g/mol. The molecule has 16 heavy (non-hydrogen) atoms. The Balaban J connectivity index is 3.05. The molecule has 0 aromatic heterocycles. The number of ketones is 1. The number of benzene rings is 1. The number of Topliss-reactive ketones (excluding diaryl/α,β-unsaturated/α-hetero) is 1. The van der Waals surface area contributed by atoms with Crippen molar-refractivity contribution in [3.8, 4) is 0 Å². The lowest BCUT2D eigenvalue weighted by Gasteiger charge is -2.13. The highest BCUT2D eigenvalue weighted by atomic mass is 32.2. The Hall–Kier alpha value is -1.16. The molecule has 0 saturated carbocycles. The average Bonchev–Trinajstić information content (AvgIpc) is 2.30. The maximum absolute atomic E-state index is 12.0. The third-order valence-corrected chi connectivity index (χ3v) is 4.78. The molecule has 0 aliphatic rings. The molecule has 0 fully saturated rings. The Morgan fingerprint density at radius 1 is 1.19 bits per heavy atom. The van der Waals surface area contributed by atoms with E-state index in [1.165, 1.54) is 0 Å². The lowest BCUT2D eigenvalue weighted by molar-refractivity contribution is 0.0985. The van der Waals surface area contributed by atoms with Gasteiger partial charge in [0, 0.05) is 11.3 Å². The van der Waals surface area contributed by atoms with Crippen molar-refractivity contribution in [2.24, 2.45) is 0 Å². The van der Waals surface area contributed by atoms with Crippen molar-refractivity contribution < 1.29 is 13.2 Å². The third kappa shape index (κ3) is 2.70. The van der Waals surface area contributed by atoms with Crippen LogP contribution < -0.4 is 0 Å². The summed E-state index contributed by atoms with van der Waals surface area (Å²) in [5, 5.41) is -0.903. The lowest BCUT2D eigenvalue weighted by atomic mass is 10.1. The minimum absolute atomic E-state index is 0.00405. The number of hydrogen-bond donors (Lipinski definition) is 0. The molecule has 0 aliphatic carbocycles. The molecule has 0 unspecified atom stereocenters. The quantitative estimate of drug-likeness (QED) is 0.740. The Kier molecular flexibility index (Phi) is 4.24. The van der Waals surface area contributed by atoms with Crippen LogP contribution in [0.2, 0.25) is 0 Å². The highest BCUT2D eigenvalue weighted by molar-refractivity contribution is 7.92. The molecule has 0 radical (unpaired) electrons. The zero-order valence-corrected chi connectivity index (χ0v) is 10.3. The van der Waals surface area contributed by atoms with Gasteiger partial charge in [-0.25, -0.2) is 8.42 Å². The maximum Gasteiger partial charge on any atom is 0.180 e. The fraction of sp³-hybridized carbons (Fsp3) is 0.417. The molecule has 1 rings (SSSR count). The van der Waals surface area contributed by atoms with E-state index in [2.05, 4.69) is 0 Å². The van der Waals surface area contributed by atoms with Crippen LogP contribution in [0, 0.1) is 0 Å². The van der Waals surface area contributed by atoms with Gasteiger partial charge >= 0.3 is 0 Å². The molecule has 0 amide bonds. The van der Waals surface area contributed by atoms with E-state index in [4.69, 9.17) is 0 Å². The van der Waals surface area contributed by atoms with Gasteiger partial charge in [0.25, 0.3) is 0 Å². The molecular formula is C12H16O3S. The van der Waals surface area contributed by atoms with Gasteiger partial charge in [-0.05, 0) is 6.42 Å². The average molecular weight is 240 g/mol. The monoisotopic (exact) mass is 240 g/mol. The van der Waals surface area contributed by atoms with Crippen LogP contribution in [0.1, 0.15) is 30.6 Å². The maximum atomic E-state index is 12.0. The zero-order chi connectivity index (χ0) is 12.2. The number of rotatable bonds is 5. The minimum atomic E-state index is -3.31. The normalized spacial score (nSPS) is 13.4. The van der Waals surface area contributed by atoms with E-state index < -0.39 is 15.1 Å². The molecule has 3 nitrogen and oxygen atoms in total. The van der Waals surface area contributed by atoms with E-state index in [0.717, 1.165) is 0 Å². The van der Waals surface area contributed by atoms with Gasteiger partial charge in [0.1, 0.15) is 5.25 Å². The van der Waals surface area contributed by atoms with Gasteiger partial charge in [0.15, 0.2) is 15.6 Å². The second-order valence-corrected chi connectivity index (χ2v) is 6.05. The fourth-order valence-corrected chi connectivity index (χ4v) is 2.96. The van der Waals surface area contributed by atoms with Crippen molar-refractivity contribution in [2.75, 3.05) is 5.75 Å². The first-order chi connectivity index (χ1) is 7.53. The van der Waals surface area contributed by atoms with Crippen LogP contribution in [0.15, 0.2) is 30.3 Å². The predicted molar refractivity (Wildman–Crippen MR) is 64.3 cm³/mol.